The zero-order valence-electron chi connectivity index (χ0n) is 20.0. The Morgan fingerprint density at radius 3 is 2.06 bits per heavy atom. The van der Waals surface area contributed by atoms with E-state index in [9.17, 15) is 14.4 Å². The number of rotatable bonds is 9. The standard InChI is InChI=1S/C29H34N2O4/c30-27(32)11-10-26(29(34)35-17-25-23-13-18-12-19(15-23)16-24(25)14-18)31-28(33)22-8-6-21(7-9-22)20-4-2-1-3-5-20/h1-9,18-19,23-26H,10-17H2,(H2,30,32)(H,31,33)/t18?,19?,23?,24?,25?,26-/m0/s1. The van der Waals surface area contributed by atoms with Crippen molar-refractivity contribution >= 4 is 17.8 Å². The van der Waals surface area contributed by atoms with Crippen molar-refractivity contribution in [3.8, 4) is 11.1 Å². The van der Waals surface area contributed by atoms with E-state index >= 15 is 0 Å². The second kappa shape index (κ2) is 10.2. The molecule has 0 aromatic heterocycles. The van der Waals surface area contributed by atoms with E-state index in [1.165, 1.54) is 32.1 Å². The van der Waals surface area contributed by atoms with Crippen LogP contribution in [0, 0.1) is 29.6 Å². The van der Waals surface area contributed by atoms with Crippen LogP contribution in [0.25, 0.3) is 11.1 Å². The highest BCUT2D eigenvalue weighted by Gasteiger charge is 2.48. The molecular weight excluding hydrogens is 440 g/mol. The zero-order valence-corrected chi connectivity index (χ0v) is 20.0. The lowest BCUT2D eigenvalue weighted by molar-refractivity contribution is -0.152. The van der Waals surface area contributed by atoms with E-state index in [0.29, 0.717) is 29.9 Å². The van der Waals surface area contributed by atoms with Crippen LogP contribution >= 0.6 is 0 Å². The van der Waals surface area contributed by atoms with Gasteiger partial charge in [-0.2, -0.15) is 0 Å². The predicted octanol–water partition coefficient (Wildman–Crippen LogP) is 4.33. The Labute approximate surface area is 206 Å². The number of hydrogen-bond donors (Lipinski definition) is 2. The minimum Gasteiger partial charge on any atom is -0.464 e. The molecule has 0 spiro atoms. The fraction of sp³-hybridized carbons (Fsp3) is 0.483. The van der Waals surface area contributed by atoms with Gasteiger partial charge in [-0.15, -0.1) is 0 Å². The van der Waals surface area contributed by atoms with Crippen LogP contribution < -0.4 is 11.1 Å². The molecule has 6 rings (SSSR count). The van der Waals surface area contributed by atoms with Crippen molar-refractivity contribution in [1.29, 1.82) is 0 Å². The molecule has 35 heavy (non-hydrogen) atoms. The summed E-state index contributed by atoms with van der Waals surface area (Å²) in [6, 6.07) is 16.2. The van der Waals surface area contributed by atoms with Crippen molar-refractivity contribution in [2.24, 2.45) is 35.3 Å². The van der Waals surface area contributed by atoms with Gasteiger partial charge in [-0.3, -0.25) is 9.59 Å². The Morgan fingerprint density at radius 2 is 1.46 bits per heavy atom. The van der Waals surface area contributed by atoms with E-state index in [1.54, 1.807) is 12.1 Å². The molecular formula is C29H34N2O4. The summed E-state index contributed by atoms with van der Waals surface area (Å²) in [6.07, 6.45) is 6.56. The summed E-state index contributed by atoms with van der Waals surface area (Å²) in [5.41, 5.74) is 7.83. The molecule has 4 aliphatic rings. The molecule has 0 unspecified atom stereocenters. The third-order valence-corrected chi connectivity index (χ3v) is 8.36. The molecule has 4 saturated carbocycles. The van der Waals surface area contributed by atoms with Crippen LogP contribution in [0.15, 0.2) is 54.6 Å². The van der Waals surface area contributed by atoms with E-state index in [2.05, 4.69) is 5.32 Å². The maximum Gasteiger partial charge on any atom is 0.328 e. The first-order valence-electron chi connectivity index (χ1n) is 12.9. The van der Waals surface area contributed by atoms with Crippen molar-refractivity contribution in [2.45, 2.75) is 51.0 Å². The van der Waals surface area contributed by atoms with E-state index in [1.807, 2.05) is 42.5 Å². The number of nitrogens with two attached hydrogens (primary N) is 1. The maximum absolute atomic E-state index is 13.0. The average molecular weight is 475 g/mol. The third-order valence-electron chi connectivity index (χ3n) is 8.36. The topological polar surface area (TPSA) is 98.5 Å². The maximum atomic E-state index is 13.0. The Morgan fingerprint density at radius 1 is 0.857 bits per heavy atom. The van der Waals surface area contributed by atoms with Gasteiger partial charge >= 0.3 is 5.97 Å². The first-order valence-corrected chi connectivity index (χ1v) is 12.9. The number of amides is 2. The fourth-order valence-corrected chi connectivity index (χ4v) is 6.81. The molecule has 184 valence electrons. The van der Waals surface area contributed by atoms with Gasteiger partial charge in [0, 0.05) is 12.0 Å². The zero-order chi connectivity index (χ0) is 24.4. The van der Waals surface area contributed by atoms with Crippen molar-refractivity contribution in [3.63, 3.8) is 0 Å². The summed E-state index contributed by atoms with van der Waals surface area (Å²) in [7, 11) is 0. The van der Waals surface area contributed by atoms with Crippen LogP contribution in [0.2, 0.25) is 0 Å². The van der Waals surface area contributed by atoms with E-state index in [4.69, 9.17) is 10.5 Å². The predicted molar refractivity (Wildman–Crippen MR) is 133 cm³/mol. The normalized spacial score (nSPS) is 27.3. The Kier molecular flexibility index (Phi) is 6.89. The lowest BCUT2D eigenvalue weighted by Crippen LogP contribution is -2.48. The van der Waals surface area contributed by atoms with Crippen LogP contribution in [0.5, 0.6) is 0 Å². The third kappa shape index (κ3) is 5.42. The molecule has 6 nitrogen and oxygen atoms in total. The second-order valence-corrected chi connectivity index (χ2v) is 10.7. The number of ether oxygens (including phenoxy) is 1. The highest BCUT2D eigenvalue weighted by atomic mass is 16.5. The highest BCUT2D eigenvalue weighted by molar-refractivity contribution is 5.97. The Bertz CT molecular complexity index is 1040. The van der Waals surface area contributed by atoms with Crippen LogP contribution in [0.3, 0.4) is 0 Å². The molecule has 1 atom stereocenters. The van der Waals surface area contributed by atoms with Crippen molar-refractivity contribution < 1.29 is 19.1 Å². The molecule has 2 aromatic carbocycles. The summed E-state index contributed by atoms with van der Waals surface area (Å²) in [4.78, 5) is 37.3. The highest BCUT2D eigenvalue weighted by Crippen LogP contribution is 2.56. The molecule has 3 N–H and O–H groups in total. The van der Waals surface area contributed by atoms with Crippen LogP contribution in [0.4, 0.5) is 0 Å². The number of carbonyl (C=O) groups is 3. The van der Waals surface area contributed by atoms with Gasteiger partial charge in [0.15, 0.2) is 0 Å². The van der Waals surface area contributed by atoms with Gasteiger partial charge in [0.25, 0.3) is 5.91 Å². The molecule has 0 heterocycles. The van der Waals surface area contributed by atoms with E-state index < -0.39 is 17.9 Å². The van der Waals surface area contributed by atoms with Gasteiger partial charge in [0.05, 0.1) is 6.61 Å². The Hall–Kier alpha value is -3.15. The van der Waals surface area contributed by atoms with Crippen molar-refractivity contribution in [1.82, 2.24) is 5.32 Å². The fourth-order valence-electron chi connectivity index (χ4n) is 6.81. The van der Waals surface area contributed by atoms with Crippen LogP contribution in [-0.2, 0) is 14.3 Å². The van der Waals surface area contributed by atoms with Crippen LogP contribution in [-0.4, -0.2) is 30.4 Å². The molecule has 0 saturated heterocycles. The lowest BCUT2D eigenvalue weighted by Gasteiger charge is -2.54. The second-order valence-electron chi connectivity index (χ2n) is 10.7. The number of nitrogens with one attached hydrogen (secondary N) is 1. The Balaban J connectivity index is 1.21. The smallest absolute Gasteiger partial charge is 0.328 e. The van der Waals surface area contributed by atoms with Gasteiger partial charge in [-0.05, 0) is 91.4 Å². The number of benzene rings is 2. The van der Waals surface area contributed by atoms with Gasteiger partial charge in [0.2, 0.25) is 5.91 Å². The minimum atomic E-state index is -0.902. The van der Waals surface area contributed by atoms with Crippen molar-refractivity contribution in [2.75, 3.05) is 6.61 Å². The monoisotopic (exact) mass is 474 g/mol. The first kappa shape index (κ1) is 23.6. The SMILES string of the molecule is NC(=O)CC[C@H](NC(=O)c1ccc(-c2ccccc2)cc1)C(=O)OCC1C2CC3CC(C2)CC1C3. The summed E-state index contributed by atoms with van der Waals surface area (Å²) >= 11 is 0. The summed E-state index contributed by atoms with van der Waals surface area (Å²) in [5.74, 6) is 2.09. The summed E-state index contributed by atoms with van der Waals surface area (Å²) < 4.78 is 5.77. The quantitative estimate of drug-likeness (QED) is 0.529. The lowest BCUT2D eigenvalue weighted by atomic mass is 9.52. The molecule has 4 fully saturated rings. The molecule has 6 heteroatoms. The van der Waals surface area contributed by atoms with Gasteiger partial charge in [-0.1, -0.05) is 42.5 Å². The van der Waals surface area contributed by atoms with E-state index in [-0.39, 0.29) is 18.7 Å². The largest absolute Gasteiger partial charge is 0.464 e. The minimum absolute atomic E-state index is 0.00499. The summed E-state index contributed by atoms with van der Waals surface area (Å²) in [5, 5.41) is 2.78. The number of primary amides is 1. The van der Waals surface area contributed by atoms with Gasteiger partial charge < -0.3 is 15.8 Å². The molecule has 0 radical (unpaired) electrons. The average Bonchev–Trinajstić information content (AvgIpc) is 2.86. The molecule has 0 aliphatic heterocycles. The van der Waals surface area contributed by atoms with Gasteiger partial charge in [0.1, 0.15) is 6.04 Å². The molecule has 4 aliphatic carbocycles. The van der Waals surface area contributed by atoms with Crippen LogP contribution in [0.1, 0.15) is 55.3 Å². The number of esters is 1. The molecule has 2 amide bonds. The molecule has 4 bridgehead atoms. The molecule has 2 aromatic rings. The van der Waals surface area contributed by atoms with E-state index in [0.717, 1.165) is 23.0 Å². The first-order chi connectivity index (χ1) is 17.0. The van der Waals surface area contributed by atoms with Gasteiger partial charge in [-0.25, -0.2) is 4.79 Å². The summed E-state index contributed by atoms with van der Waals surface area (Å²) in [6.45, 7) is 0.405. The van der Waals surface area contributed by atoms with Crippen molar-refractivity contribution in [3.05, 3.63) is 60.2 Å². The number of hydrogen-bond acceptors (Lipinski definition) is 4. The number of carbonyl (C=O) groups excluding carboxylic acids is 3.